The van der Waals surface area contributed by atoms with E-state index in [1.54, 1.807) is 25.1 Å². The Morgan fingerprint density at radius 2 is 2.24 bits per heavy atom. The second-order valence-electron chi connectivity index (χ2n) is 3.94. The molecule has 0 spiro atoms. The van der Waals surface area contributed by atoms with Crippen LogP contribution in [0.1, 0.15) is 5.56 Å². The summed E-state index contributed by atoms with van der Waals surface area (Å²) in [5.74, 6) is 0. The van der Waals surface area contributed by atoms with Crippen LogP contribution in [-0.4, -0.2) is 27.3 Å². The summed E-state index contributed by atoms with van der Waals surface area (Å²) in [5.41, 5.74) is 7.47. The number of anilines is 2. The van der Waals surface area contributed by atoms with E-state index in [0.29, 0.717) is 17.7 Å². The molecule has 0 aromatic heterocycles. The molecule has 92 valence electrons. The van der Waals surface area contributed by atoms with Gasteiger partial charge >= 0.3 is 10.2 Å². The summed E-state index contributed by atoms with van der Waals surface area (Å²) in [4.78, 5) is 10.6. The fraction of sp³-hybridized carbons (Fsp3) is 0.300. The van der Waals surface area contributed by atoms with E-state index in [9.17, 15) is 13.2 Å². The molecule has 3 N–H and O–H groups in total. The second-order valence-corrected chi connectivity index (χ2v) is 5.57. The highest BCUT2D eigenvalue weighted by Crippen LogP contribution is 2.26. The van der Waals surface area contributed by atoms with E-state index in [2.05, 4.69) is 4.72 Å². The minimum Gasteiger partial charge on any atom is -0.399 e. The summed E-state index contributed by atoms with van der Waals surface area (Å²) in [7, 11) is -3.63. The predicted molar refractivity (Wildman–Crippen MR) is 64.8 cm³/mol. The molecule has 1 fully saturated rings. The molecule has 0 amide bonds. The van der Waals surface area contributed by atoms with E-state index in [0.717, 1.165) is 5.56 Å². The fourth-order valence-electron chi connectivity index (χ4n) is 1.83. The number of nitrogens with one attached hydrogen (secondary N) is 1. The lowest BCUT2D eigenvalue weighted by Crippen LogP contribution is -2.30. The predicted octanol–water partition coefficient (Wildman–Crippen LogP) is -0.201. The molecule has 1 saturated heterocycles. The van der Waals surface area contributed by atoms with Crippen LogP contribution in [0.4, 0.5) is 11.4 Å². The molecular formula is C10H13N3O3S. The zero-order valence-electron chi connectivity index (χ0n) is 9.25. The minimum atomic E-state index is -3.63. The van der Waals surface area contributed by atoms with E-state index in [-0.39, 0.29) is 6.54 Å². The first kappa shape index (κ1) is 11.9. The lowest BCUT2D eigenvalue weighted by Gasteiger charge is -2.18. The molecular weight excluding hydrogens is 242 g/mol. The number of nitrogens with zero attached hydrogens (tertiary/aromatic N) is 1. The molecule has 0 saturated carbocycles. The van der Waals surface area contributed by atoms with Crippen molar-refractivity contribution in [3.05, 3.63) is 23.8 Å². The highest BCUT2D eigenvalue weighted by molar-refractivity contribution is 7.91. The number of rotatable bonds is 2. The van der Waals surface area contributed by atoms with Crippen molar-refractivity contribution in [1.29, 1.82) is 0 Å². The number of benzene rings is 1. The molecule has 1 aromatic rings. The molecule has 6 nitrogen and oxygen atoms in total. The van der Waals surface area contributed by atoms with Gasteiger partial charge in [-0.2, -0.15) is 13.1 Å². The first-order valence-electron chi connectivity index (χ1n) is 5.05. The van der Waals surface area contributed by atoms with Crippen molar-refractivity contribution in [3.8, 4) is 0 Å². The standard InChI is InChI=1S/C10H13N3O3S/c1-7-4-8(11)2-3-10(7)13-5-9(6-14)12-17(13,15)16/h2-4,6,9,12H,5,11H2,1H3. The van der Waals surface area contributed by atoms with Gasteiger partial charge in [-0.15, -0.1) is 0 Å². The van der Waals surface area contributed by atoms with Crippen LogP contribution in [0, 0.1) is 6.92 Å². The quantitative estimate of drug-likeness (QED) is 0.565. The van der Waals surface area contributed by atoms with Crippen LogP contribution in [-0.2, 0) is 15.0 Å². The van der Waals surface area contributed by atoms with Gasteiger partial charge in [0.1, 0.15) is 6.29 Å². The number of hydrogen-bond acceptors (Lipinski definition) is 4. The molecule has 1 heterocycles. The van der Waals surface area contributed by atoms with Crippen LogP contribution in [0.15, 0.2) is 18.2 Å². The SMILES string of the molecule is Cc1cc(N)ccc1N1CC(C=O)NS1(=O)=O. The fourth-order valence-corrected chi connectivity index (χ4v) is 3.29. The average Bonchev–Trinajstić information content (AvgIpc) is 2.54. The Hall–Kier alpha value is -1.60. The number of hydrogen-bond donors (Lipinski definition) is 2. The van der Waals surface area contributed by atoms with Gasteiger partial charge in [0.2, 0.25) is 0 Å². The monoisotopic (exact) mass is 255 g/mol. The molecule has 7 heteroatoms. The van der Waals surface area contributed by atoms with E-state index in [1.165, 1.54) is 4.31 Å². The van der Waals surface area contributed by atoms with Crippen molar-refractivity contribution < 1.29 is 13.2 Å². The molecule has 1 aliphatic heterocycles. The van der Waals surface area contributed by atoms with Crippen LogP contribution in [0.25, 0.3) is 0 Å². The van der Waals surface area contributed by atoms with Gasteiger partial charge in [0.15, 0.2) is 0 Å². The molecule has 0 aliphatic carbocycles. The van der Waals surface area contributed by atoms with Crippen LogP contribution in [0.2, 0.25) is 0 Å². The van der Waals surface area contributed by atoms with Crippen molar-refractivity contribution in [3.63, 3.8) is 0 Å². The lowest BCUT2D eigenvalue weighted by atomic mass is 10.1. The highest BCUT2D eigenvalue weighted by Gasteiger charge is 2.35. The Morgan fingerprint density at radius 3 is 2.76 bits per heavy atom. The van der Waals surface area contributed by atoms with Crippen molar-refractivity contribution in [2.45, 2.75) is 13.0 Å². The minimum absolute atomic E-state index is 0.108. The topological polar surface area (TPSA) is 92.5 Å². The van der Waals surface area contributed by atoms with Gasteiger partial charge in [-0.3, -0.25) is 4.31 Å². The summed E-state index contributed by atoms with van der Waals surface area (Å²) in [6.07, 6.45) is 0.587. The number of carbonyl (C=O) groups is 1. The second kappa shape index (κ2) is 4.01. The van der Waals surface area contributed by atoms with E-state index < -0.39 is 16.3 Å². The largest absolute Gasteiger partial charge is 0.399 e. The zero-order valence-corrected chi connectivity index (χ0v) is 10.1. The van der Waals surface area contributed by atoms with Crippen molar-refractivity contribution in [2.75, 3.05) is 16.6 Å². The summed E-state index contributed by atoms with van der Waals surface area (Å²) < 4.78 is 27.0. The van der Waals surface area contributed by atoms with Gasteiger partial charge < -0.3 is 10.5 Å². The first-order valence-corrected chi connectivity index (χ1v) is 6.49. The summed E-state index contributed by atoms with van der Waals surface area (Å²) in [5, 5.41) is 0. The number of carbonyl (C=O) groups excluding carboxylic acids is 1. The maximum Gasteiger partial charge on any atom is 0.302 e. The summed E-state index contributed by atoms with van der Waals surface area (Å²) >= 11 is 0. The van der Waals surface area contributed by atoms with Gasteiger partial charge in [0.05, 0.1) is 18.3 Å². The molecule has 0 radical (unpaired) electrons. The van der Waals surface area contributed by atoms with Crippen molar-refractivity contribution >= 4 is 27.9 Å². The van der Waals surface area contributed by atoms with Crippen LogP contribution in [0.5, 0.6) is 0 Å². The number of aryl methyl sites for hydroxylation is 1. The molecule has 1 aliphatic rings. The number of nitrogen functional groups attached to an aromatic ring is 1. The van der Waals surface area contributed by atoms with E-state index in [4.69, 9.17) is 5.73 Å². The Kier molecular flexibility index (Phi) is 2.80. The van der Waals surface area contributed by atoms with Gasteiger partial charge in [-0.25, -0.2) is 0 Å². The smallest absolute Gasteiger partial charge is 0.302 e. The third kappa shape index (κ3) is 2.11. The van der Waals surface area contributed by atoms with Crippen molar-refractivity contribution in [2.24, 2.45) is 0 Å². The Morgan fingerprint density at radius 1 is 1.53 bits per heavy atom. The van der Waals surface area contributed by atoms with Crippen LogP contribution >= 0.6 is 0 Å². The third-order valence-electron chi connectivity index (χ3n) is 2.61. The van der Waals surface area contributed by atoms with Gasteiger partial charge in [-0.1, -0.05) is 0 Å². The molecule has 1 unspecified atom stereocenters. The zero-order chi connectivity index (χ0) is 12.6. The maximum atomic E-state index is 11.8. The highest BCUT2D eigenvalue weighted by atomic mass is 32.2. The average molecular weight is 255 g/mol. The molecule has 0 bridgehead atoms. The van der Waals surface area contributed by atoms with Crippen molar-refractivity contribution in [1.82, 2.24) is 4.72 Å². The van der Waals surface area contributed by atoms with Gasteiger partial charge in [0.25, 0.3) is 0 Å². The summed E-state index contributed by atoms with van der Waals surface area (Å²) in [6, 6.07) is 4.26. The number of nitrogens with two attached hydrogens (primary N) is 1. The normalized spacial score (nSPS) is 22.6. The van der Waals surface area contributed by atoms with Crippen LogP contribution in [0.3, 0.4) is 0 Å². The lowest BCUT2D eigenvalue weighted by molar-refractivity contribution is -0.108. The van der Waals surface area contributed by atoms with E-state index >= 15 is 0 Å². The van der Waals surface area contributed by atoms with Gasteiger partial charge in [-0.05, 0) is 30.7 Å². The summed E-state index contributed by atoms with van der Waals surface area (Å²) in [6.45, 7) is 1.88. The first-order chi connectivity index (χ1) is 7.94. The van der Waals surface area contributed by atoms with Gasteiger partial charge in [0, 0.05) is 5.69 Å². The van der Waals surface area contributed by atoms with E-state index in [1.807, 2.05) is 0 Å². The molecule has 1 aromatic carbocycles. The molecule has 17 heavy (non-hydrogen) atoms. The maximum absolute atomic E-state index is 11.8. The van der Waals surface area contributed by atoms with Crippen LogP contribution < -0.4 is 14.8 Å². The third-order valence-corrected chi connectivity index (χ3v) is 4.13. The Bertz CT molecular complexity index is 556. The Balaban J connectivity index is 2.43. The molecule has 1 atom stereocenters. The molecule has 2 rings (SSSR count). The number of aldehydes is 1. The Labute approximate surface area is 99.6 Å².